The van der Waals surface area contributed by atoms with Gasteiger partial charge in [0.2, 0.25) is 0 Å². The Labute approximate surface area is 115 Å². The minimum Gasteiger partial charge on any atom is -0.397 e. The van der Waals surface area contributed by atoms with Gasteiger partial charge >= 0.3 is 0 Å². The number of anilines is 2. The molecule has 0 spiro atoms. The third-order valence-electron chi connectivity index (χ3n) is 3.37. The summed E-state index contributed by atoms with van der Waals surface area (Å²) in [7, 11) is 0. The largest absolute Gasteiger partial charge is 0.397 e. The molecule has 6 heteroatoms. The number of hydrogen-bond donors (Lipinski definition) is 2. The maximum absolute atomic E-state index is 11.7. The van der Waals surface area contributed by atoms with Gasteiger partial charge in [0.15, 0.2) is 0 Å². The maximum atomic E-state index is 11.7. The van der Waals surface area contributed by atoms with Gasteiger partial charge in [-0.25, -0.2) is 4.98 Å². The predicted molar refractivity (Wildman–Crippen MR) is 80.9 cm³/mol. The van der Waals surface area contributed by atoms with Crippen LogP contribution in [0.15, 0.2) is 23.3 Å². The van der Waals surface area contributed by atoms with Crippen molar-refractivity contribution in [2.45, 2.75) is 12.2 Å². The smallest absolute Gasteiger partial charge is 0.258 e. The summed E-state index contributed by atoms with van der Waals surface area (Å²) >= 11 is 1.98. The van der Waals surface area contributed by atoms with E-state index in [1.54, 1.807) is 6.07 Å². The summed E-state index contributed by atoms with van der Waals surface area (Å²) < 4.78 is 0. The van der Waals surface area contributed by atoms with Gasteiger partial charge in [-0.2, -0.15) is 11.8 Å². The third kappa shape index (κ3) is 2.28. The molecule has 100 valence electrons. The van der Waals surface area contributed by atoms with Crippen molar-refractivity contribution in [1.29, 1.82) is 0 Å². The Hall–Kier alpha value is -1.69. The van der Waals surface area contributed by atoms with E-state index in [1.807, 2.05) is 17.8 Å². The Kier molecular flexibility index (Phi) is 3.10. The van der Waals surface area contributed by atoms with E-state index in [-0.39, 0.29) is 5.56 Å². The van der Waals surface area contributed by atoms with E-state index in [4.69, 9.17) is 5.73 Å². The zero-order valence-corrected chi connectivity index (χ0v) is 11.5. The topological polar surface area (TPSA) is 75.0 Å². The molecule has 2 aromatic rings. The highest BCUT2D eigenvalue weighted by Gasteiger charge is 2.19. The minimum atomic E-state index is -0.147. The van der Waals surface area contributed by atoms with Gasteiger partial charge in [-0.15, -0.1) is 0 Å². The Bertz CT molecular complexity index is 669. The van der Waals surface area contributed by atoms with Crippen molar-refractivity contribution in [1.82, 2.24) is 9.97 Å². The summed E-state index contributed by atoms with van der Waals surface area (Å²) in [6.07, 6.45) is 1.43. The van der Waals surface area contributed by atoms with Crippen LogP contribution in [0.3, 0.4) is 0 Å². The predicted octanol–water partition coefficient (Wildman–Crippen LogP) is 1.45. The molecule has 1 fully saturated rings. The van der Waals surface area contributed by atoms with Crippen molar-refractivity contribution in [2.75, 3.05) is 29.5 Å². The molecule has 3 N–H and O–H groups in total. The van der Waals surface area contributed by atoms with E-state index in [1.165, 1.54) is 6.33 Å². The summed E-state index contributed by atoms with van der Waals surface area (Å²) in [4.78, 5) is 20.8. The first kappa shape index (κ1) is 12.3. The van der Waals surface area contributed by atoms with E-state index in [0.717, 1.165) is 24.5 Å². The molecule has 0 bridgehead atoms. The number of fused-ring (bicyclic) bond motifs is 1. The van der Waals surface area contributed by atoms with Gasteiger partial charge in [-0.05, 0) is 12.1 Å². The fourth-order valence-corrected chi connectivity index (χ4v) is 3.45. The first-order valence-corrected chi connectivity index (χ1v) is 7.33. The van der Waals surface area contributed by atoms with Crippen molar-refractivity contribution in [3.05, 3.63) is 28.8 Å². The van der Waals surface area contributed by atoms with Crippen molar-refractivity contribution >= 4 is 34.0 Å². The van der Waals surface area contributed by atoms with Gasteiger partial charge in [0.1, 0.15) is 0 Å². The molecule has 5 nitrogen and oxygen atoms in total. The normalized spacial score (nSPS) is 19.8. The summed E-state index contributed by atoms with van der Waals surface area (Å²) in [6.45, 7) is 4.18. The standard InChI is InChI=1S/C13H16N4OS/c1-8-6-17(2-3-19-8)12-5-11-9(4-10(12)14)13(18)16-7-15-11/h4-5,7-8H,2-3,6,14H2,1H3,(H,15,16,18). The number of aromatic nitrogens is 2. The van der Waals surface area contributed by atoms with E-state index < -0.39 is 0 Å². The molecule has 19 heavy (non-hydrogen) atoms. The van der Waals surface area contributed by atoms with Crippen LogP contribution in [0.2, 0.25) is 0 Å². The Balaban J connectivity index is 2.09. The van der Waals surface area contributed by atoms with Gasteiger partial charge in [0, 0.05) is 24.1 Å². The van der Waals surface area contributed by atoms with Gasteiger partial charge in [-0.1, -0.05) is 6.92 Å². The van der Waals surface area contributed by atoms with Crippen molar-refractivity contribution < 1.29 is 0 Å². The number of thioether (sulfide) groups is 1. The van der Waals surface area contributed by atoms with Crippen molar-refractivity contribution in [2.24, 2.45) is 0 Å². The number of hydrogen-bond acceptors (Lipinski definition) is 5. The average Bonchev–Trinajstić information content (AvgIpc) is 2.39. The number of aromatic amines is 1. The van der Waals surface area contributed by atoms with Crippen LogP contribution in [-0.4, -0.2) is 34.1 Å². The lowest BCUT2D eigenvalue weighted by molar-refractivity contribution is 0.784. The number of nitrogens with one attached hydrogen (secondary N) is 1. The molecule has 1 aliphatic rings. The molecule has 1 aliphatic heterocycles. The molecule has 1 unspecified atom stereocenters. The Morgan fingerprint density at radius 3 is 3.16 bits per heavy atom. The average molecular weight is 276 g/mol. The molecule has 1 saturated heterocycles. The number of benzene rings is 1. The van der Waals surface area contributed by atoms with Crippen LogP contribution in [0.25, 0.3) is 10.9 Å². The van der Waals surface area contributed by atoms with Gasteiger partial charge in [-0.3, -0.25) is 4.79 Å². The quantitative estimate of drug-likeness (QED) is 0.771. The lowest BCUT2D eigenvalue weighted by Gasteiger charge is -2.33. The number of nitrogen functional groups attached to an aromatic ring is 1. The molecule has 0 saturated carbocycles. The highest BCUT2D eigenvalue weighted by Crippen LogP contribution is 2.30. The molecular formula is C13H16N4OS. The zero-order chi connectivity index (χ0) is 13.4. The van der Waals surface area contributed by atoms with E-state index >= 15 is 0 Å². The molecule has 1 aromatic heterocycles. The number of nitrogens with zero attached hydrogens (tertiary/aromatic N) is 2. The summed E-state index contributed by atoms with van der Waals surface area (Å²) in [5.74, 6) is 1.10. The molecule has 1 aromatic carbocycles. The number of nitrogens with two attached hydrogens (primary N) is 1. The zero-order valence-electron chi connectivity index (χ0n) is 10.7. The molecular weight excluding hydrogens is 260 g/mol. The van der Waals surface area contributed by atoms with Crippen LogP contribution in [0, 0.1) is 0 Å². The summed E-state index contributed by atoms with van der Waals surface area (Å²) in [5, 5.41) is 1.14. The molecule has 1 atom stereocenters. The highest BCUT2D eigenvalue weighted by molar-refractivity contribution is 8.00. The van der Waals surface area contributed by atoms with Crippen LogP contribution in [0.5, 0.6) is 0 Å². The Morgan fingerprint density at radius 2 is 2.37 bits per heavy atom. The maximum Gasteiger partial charge on any atom is 0.258 e. The monoisotopic (exact) mass is 276 g/mol. The summed E-state index contributed by atoms with van der Waals surface area (Å²) in [6, 6.07) is 3.64. The van der Waals surface area contributed by atoms with Crippen molar-refractivity contribution in [3.8, 4) is 0 Å². The Morgan fingerprint density at radius 1 is 1.53 bits per heavy atom. The van der Waals surface area contributed by atoms with E-state index in [0.29, 0.717) is 21.8 Å². The lowest BCUT2D eigenvalue weighted by atomic mass is 10.1. The fourth-order valence-electron chi connectivity index (χ4n) is 2.43. The van der Waals surface area contributed by atoms with Gasteiger partial charge in [0.25, 0.3) is 5.56 Å². The molecule has 0 amide bonds. The molecule has 3 rings (SSSR count). The lowest BCUT2D eigenvalue weighted by Crippen LogP contribution is -2.37. The number of H-pyrrole nitrogens is 1. The van der Waals surface area contributed by atoms with Crippen LogP contribution in [0.1, 0.15) is 6.92 Å². The second kappa shape index (κ2) is 4.77. The SMILES string of the molecule is CC1CN(c2cc3nc[nH]c(=O)c3cc2N)CCS1. The second-order valence-electron chi connectivity index (χ2n) is 4.79. The van der Waals surface area contributed by atoms with Crippen LogP contribution >= 0.6 is 11.8 Å². The minimum absolute atomic E-state index is 0.147. The van der Waals surface area contributed by atoms with Crippen LogP contribution in [0.4, 0.5) is 11.4 Å². The van der Waals surface area contributed by atoms with E-state index in [9.17, 15) is 4.79 Å². The van der Waals surface area contributed by atoms with Crippen LogP contribution < -0.4 is 16.2 Å². The van der Waals surface area contributed by atoms with Gasteiger partial charge in [0.05, 0.1) is 28.6 Å². The molecule has 0 radical (unpaired) electrons. The molecule has 0 aliphatic carbocycles. The van der Waals surface area contributed by atoms with Crippen LogP contribution in [-0.2, 0) is 0 Å². The van der Waals surface area contributed by atoms with Crippen molar-refractivity contribution in [3.63, 3.8) is 0 Å². The van der Waals surface area contributed by atoms with E-state index in [2.05, 4.69) is 21.8 Å². The first-order valence-electron chi connectivity index (χ1n) is 6.28. The number of rotatable bonds is 1. The van der Waals surface area contributed by atoms with Gasteiger partial charge < -0.3 is 15.6 Å². The highest BCUT2D eigenvalue weighted by atomic mass is 32.2. The molecule has 2 heterocycles. The third-order valence-corrected chi connectivity index (χ3v) is 4.51. The summed E-state index contributed by atoms with van der Waals surface area (Å²) in [5.41, 5.74) is 8.28. The fraction of sp³-hybridized carbons (Fsp3) is 0.385. The first-order chi connectivity index (χ1) is 9.15. The second-order valence-corrected chi connectivity index (χ2v) is 6.33.